The molecule has 2 unspecified atom stereocenters. The van der Waals surface area contributed by atoms with Gasteiger partial charge in [0.15, 0.2) is 0 Å². The Morgan fingerprint density at radius 1 is 0.591 bits per heavy atom. The van der Waals surface area contributed by atoms with Crippen molar-refractivity contribution in [2.24, 2.45) is 10.7 Å². The molecule has 0 heterocycles. The fraction of sp³-hybridized carbons (Fsp3) is 0.709. The molecule has 0 bridgehead atoms. The van der Waals surface area contributed by atoms with Gasteiger partial charge in [0.1, 0.15) is 12.9 Å². The van der Waals surface area contributed by atoms with Crippen molar-refractivity contribution in [3.63, 3.8) is 0 Å². The molecule has 11 heteroatoms. The van der Waals surface area contributed by atoms with Crippen LogP contribution in [-0.4, -0.2) is 74.6 Å². The number of nitrogens with one attached hydrogen (secondary N) is 2. The molecule has 0 aliphatic carbocycles. The van der Waals surface area contributed by atoms with Gasteiger partial charge in [-0.05, 0) is 101 Å². The summed E-state index contributed by atoms with van der Waals surface area (Å²) < 4.78 is 11.1. The van der Waals surface area contributed by atoms with Crippen molar-refractivity contribution in [2.45, 2.75) is 225 Å². The minimum absolute atomic E-state index is 0.183. The molecule has 66 heavy (non-hydrogen) atoms. The minimum Gasteiger partial charge on any atom is -0.461 e. The molecule has 11 nitrogen and oxygen atoms in total. The molecular weight excluding hydrogens is 829 g/mol. The van der Waals surface area contributed by atoms with Crippen LogP contribution in [0.15, 0.2) is 53.6 Å². The number of nitrogens with two attached hydrogens (primary N) is 1. The smallest absolute Gasteiger partial charge is 0.306 e. The Morgan fingerprint density at radius 2 is 1.08 bits per heavy atom. The van der Waals surface area contributed by atoms with Crippen molar-refractivity contribution in [2.75, 3.05) is 26.2 Å². The molecule has 1 aromatic rings. The Morgan fingerprint density at radius 3 is 1.59 bits per heavy atom. The standard InChI is InChI=1S/C55H92N4O7/c1-3-5-7-9-11-13-15-17-19-21-23-25-27-29-31-36-52(61)65-47-51(66-53(62)37-32-30-28-26-24-22-20-18-16-14-12-10-8-6-4-2)55(64)59-44-43-57-45-48-38-40-49(41-39-48)54(63)58-42-34-33-35-50(56)46-60/h17-20,38-41,45-46,50-51H,3-16,21-37,42-44,47,56H2,1-2H3,(H,58,63)(H,59,64)/b19-17-,20-18-,57-45-. The number of benzene rings is 1. The van der Waals surface area contributed by atoms with Crippen LogP contribution in [0.3, 0.4) is 0 Å². The number of carbonyl (C=O) groups excluding carboxylic acids is 5. The summed E-state index contributed by atoms with van der Waals surface area (Å²) in [4.78, 5) is 66.2. The van der Waals surface area contributed by atoms with Gasteiger partial charge < -0.3 is 30.6 Å². The van der Waals surface area contributed by atoms with E-state index in [4.69, 9.17) is 15.2 Å². The van der Waals surface area contributed by atoms with Gasteiger partial charge in [0.25, 0.3) is 11.8 Å². The third-order valence-corrected chi connectivity index (χ3v) is 11.6. The largest absolute Gasteiger partial charge is 0.461 e. The minimum atomic E-state index is -1.24. The van der Waals surface area contributed by atoms with Crippen LogP contribution in [0.2, 0.25) is 0 Å². The lowest BCUT2D eigenvalue weighted by molar-refractivity contribution is -0.164. The van der Waals surface area contributed by atoms with Gasteiger partial charge in [-0.25, -0.2) is 0 Å². The molecule has 2 atom stereocenters. The molecule has 4 N–H and O–H groups in total. The summed E-state index contributed by atoms with van der Waals surface area (Å²) in [6.45, 7) is 5.13. The number of aliphatic imine (C=N–C) groups is 1. The van der Waals surface area contributed by atoms with E-state index in [-0.39, 0.29) is 38.4 Å². The second-order valence-corrected chi connectivity index (χ2v) is 17.8. The zero-order valence-corrected chi connectivity index (χ0v) is 41.6. The van der Waals surface area contributed by atoms with E-state index in [0.29, 0.717) is 31.4 Å². The van der Waals surface area contributed by atoms with Gasteiger partial charge in [-0.3, -0.25) is 24.2 Å². The van der Waals surface area contributed by atoms with Crippen molar-refractivity contribution >= 4 is 36.3 Å². The number of rotatable bonds is 45. The number of unbranched alkanes of at least 4 members (excludes halogenated alkanes) is 23. The Hall–Kier alpha value is -4.12. The SMILES string of the molecule is CCCCCCCC/C=C\CCCCCCCC(=O)OCC(OC(=O)CCCCCCC/C=C\CCCCCCCC)C(=O)NCC/N=C\c1ccc(C(=O)NCCCCC(N)C=O)cc1. The molecule has 0 aliphatic heterocycles. The van der Waals surface area contributed by atoms with Crippen molar-refractivity contribution in [1.29, 1.82) is 0 Å². The Labute approximate surface area is 400 Å². The molecule has 1 rings (SSSR count). The topological polar surface area (TPSA) is 166 Å². The van der Waals surface area contributed by atoms with E-state index in [0.717, 1.165) is 88.9 Å². The molecular formula is C55H92N4O7. The highest BCUT2D eigenvalue weighted by molar-refractivity contribution is 5.95. The molecule has 0 saturated carbocycles. The lowest BCUT2D eigenvalue weighted by atomic mass is 10.1. The first kappa shape index (κ1) is 59.9. The quantitative estimate of drug-likeness (QED) is 0.0191. The van der Waals surface area contributed by atoms with Crippen LogP contribution in [0.25, 0.3) is 0 Å². The van der Waals surface area contributed by atoms with E-state index in [1.165, 1.54) is 89.9 Å². The van der Waals surface area contributed by atoms with E-state index in [1.807, 2.05) is 0 Å². The van der Waals surface area contributed by atoms with Crippen LogP contribution in [0.1, 0.15) is 229 Å². The number of carbonyl (C=O) groups is 5. The fourth-order valence-electron chi connectivity index (χ4n) is 7.43. The maximum atomic E-state index is 13.2. The number of amides is 2. The first-order valence-electron chi connectivity index (χ1n) is 26.3. The van der Waals surface area contributed by atoms with Crippen LogP contribution in [0.5, 0.6) is 0 Å². The summed E-state index contributed by atoms with van der Waals surface area (Å²) in [5, 5.41) is 5.65. The molecule has 374 valence electrons. The van der Waals surface area contributed by atoms with Crippen molar-refractivity contribution < 1.29 is 33.4 Å². The summed E-state index contributed by atoms with van der Waals surface area (Å²) in [7, 11) is 0. The lowest BCUT2D eigenvalue weighted by Gasteiger charge is -2.17. The normalized spacial score (nSPS) is 12.5. The highest BCUT2D eigenvalue weighted by atomic mass is 16.6. The highest BCUT2D eigenvalue weighted by Gasteiger charge is 2.24. The molecule has 0 saturated heterocycles. The van der Waals surface area contributed by atoms with Gasteiger partial charge >= 0.3 is 11.9 Å². The predicted molar refractivity (Wildman–Crippen MR) is 272 cm³/mol. The van der Waals surface area contributed by atoms with Gasteiger partial charge in [0.2, 0.25) is 6.10 Å². The van der Waals surface area contributed by atoms with Crippen molar-refractivity contribution in [1.82, 2.24) is 10.6 Å². The molecule has 0 aliphatic rings. The van der Waals surface area contributed by atoms with Gasteiger partial charge in [-0.1, -0.05) is 153 Å². The molecule has 0 radical (unpaired) electrons. The second kappa shape index (κ2) is 44.7. The maximum absolute atomic E-state index is 13.2. The van der Waals surface area contributed by atoms with Gasteiger partial charge in [-0.2, -0.15) is 0 Å². The predicted octanol–water partition coefficient (Wildman–Crippen LogP) is 12.2. The van der Waals surface area contributed by atoms with E-state index in [2.05, 4.69) is 53.8 Å². The summed E-state index contributed by atoms with van der Waals surface area (Å²) in [5.74, 6) is -1.59. The first-order chi connectivity index (χ1) is 32.3. The Kier molecular flexibility index (Phi) is 40.6. The molecule has 0 fully saturated rings. The van der Waals surface area contributed by atoms with Gasteiger partial charge in [-0.15, -0.1) is 0 Å². The fourth-order valence-corrected chi connectivity index (χ4v) is 7.43. The van der Waals surface area contributed by atoms with Gasteiger partial charge in [0, 0.05) is 37.7 Å². The number of aldehydes is 1. The second-order valence-electron chi connectivity index (χ2n) is 17.8. The van der Waals surface area contributed by atoms with E-state index >= 15 is 0 Å². The molecule has 0 spiro atoms. The monoisotopic (exact) mass is 921 g/mol. The van der Waals surface area contributed by atoms with E-state index in [1.54, 1.807) is 30.5 Å². The van der Waals surface area contributed by atoms with E-state index < -0.39 is 30.0 Å². The molecule has 1 aromatic carbocycles. The summed E-state index contributed by atoms with van der Waals surface area (Å²) >= 11 is 0. The number of hydrogen-bond donors (Lipinski definition) is 3. The molecule has 2 amide bonds. The van der Waals surface area contributed by atoms with Crippen molar-refractivity contribution in [3.8, 4) is 0 Å². The van der Waals surface area contributed by atoms with Crippen LogP contribution in [0.4, 0.5) is 0 Å². The lowest BCUT2D eigenvalue weighted by Crippen LogP contribution is -2.42. The van der Waals surface area contributed by atoms with Crippen LogP contribution >= 0.6 is 0 Å². The van der Waals surface area contributed by atoms with E-state index in [9.17, 15) is 24.0 Å². The number of ether oxygens (including phenoxy) is 2. The third kappa shape index (κ3) is 37.0. The van der Waals surface area contributed by atoms with Crippen LogP contribution in [-0.2, 0) is 28.7 Å². The summed E-state index contributed by atoms with van der Waals surface area (Å²) in [6, 6.07) is 6.55. The average molecular weight is 921 g/mol. The van der Waals surface area contributed by atoms with Crippen LogP contribution < -0.4 is 16.4 Å². The maximum Gasteiger partial charge on any atom is 0.306 e. The van der Waals surface area contributed by atoms with Gasteiger partial charge in [0.05, 0.1) is 12.6 Å². The number of hydrogen-bond acceptors (Lipinski definition) is 9. The van der Waals surface area contributed by atoms with Crippen LogP contribution in [0, 0.1) is 0 Å². The summed E-state index contributed by atoms with van der Waals surface area (Å²) in [6.07, 6.45) is 43.2. The molecule has 0 aromatic heterocycles. The average Bonchev–Trinajstić information content (AvgIpc) is 3.32. The Bertz CT molecular complexity index is 1460. The number of esters is 2. The summed E-state index contributed by atoms with van der Waals surface area (Å²) in [5.41, 5.74) is 6.92. The number of nitrogens with zero attached hydrogens (tertiary/aromatic N) is 1. The third-order valence-electron chi connectivity index (χ3n) is 11.6. The first-order valence-corrected chi connectivity index (χ1v) is 26.3. The van der Waals surface area contributed by atoms with Crippen molar-refractivity contribution in [3.05, 3.63) is 59.7 Å². The number of allylic oxidation sites excluding steroid dienone is 4. The Balaban J connectivity index is 2.47. The zero-order chi connectivity index (χ0) is 48.0. The zero-order valence-electron chi connectivity index (χ0n) is 41.6. The highest BCUT2D eigenvalue weighted by Crippen LogP contribution is 2.13.